The summed E-state index contributed by atoms with van der Waals surface area (Å²) < 4.78 is 0. The van der Waals surface area contributed by atoms with Crippen LogP contribution in [0.3, 0.4) is 0 Å². The Morgan fingerprint density at radius 2 is 1.47 bits per heavy atom. The van der Waals surface area contributed by atoms with Crippen LogP contribution in [0, 0.1) is 23.7 Å². The van der Waals surface area contributed by atoms with Crippen LogP contribution in [-0.4, -0.2) is 0 Å². The lowest BCUT2D eigenvalue weighted by molar-refractivity contribution is 0.268. The lowest BCUT2D eigenvalue weighted by atomic mass is 9.81. The van der Waals surface area contributed by atoms with Crippen LogP contribution in [0.1, 0.15) is 73.6 Å². The lowest BCUT2D eigenvalue weighted by Crippen LogP contribution is -2.14. The molecule has 0 aromatic rings. The second kappa shape index (κ2) is 9.74. The molecule has 0 heteroatoms. The first-order chi connectivity index (χ1) is 8.06. The van der Waals surface area contributed by atoms with Crippen LogP contribution >= 0.6 is 0 Å². The van der Waals surface area contributed by atoms with Crippen molar-refractivity contribution < 1.29 is 0 Å². The second-order valence-corrected chi connectivity index (χ2v) is 5.94. The summed E-state index contributed by atoms with van der Waals surface area (Å²) in [5.74, 6) is 3.54. The Kier molecular flexibility index (Phi) is 9.59. The molecule has 0 amide bonds. The van der Waals surface area contributed by atoms with Crippen molar-refractivity contribution in [2.24, 2.45) is 23.7 Å². The van der Waals surface area contributed by atoms with E-state index in [-0.39, 0.29) is 0 Å². The van der Waals surface area contributed by atoms with Gasteiger partial charge in [-0.1, -0.05) is 66.0 Å². The van der Waals surface area contributed by atoms with E-state index in [9.17, 15) is 0 Å². The monoisotopic (exact) mass is 238 g/mol. The van der Waals surface area contributed by atoms with E-state index in [4.69, 9.17) is 0 Å². The smallest absolute Gasteiger partial charge is 0.0320 e. The zero-order chi connectivity index (χ0) is 13.3. The molecule has 0 saturated heterocycles. The molecule has 0 aliphatic heterocycles. The molecule has 3 atom stereocenters. The van der Waals surface area contributed by atoms with Gasteiger partial charge in [-0.05, 0) is 43.4 Å². The van der Waals surface area contributed by atoms with Crippen molar-refractivity contribution in [1.82, 2.24) is 0 Å². The molecule has 0 radical (unpaired) electrons. The minimum atomic E-state index is 0.850. The molecule has 0 nitrogen and oxygen atoms in total. The first kappa shape index (κ1) is 16.7. The van der Waals surface area contributed by atoms with Gasteiger partial charge >= 0.3 is 0 Å². The van der Waals surface area contributed by atoms with Crippen molar-refractivity contribution in [3.8, 4) is 0 Å². The fourth-order valence-corrected chi connectivity index (χ4v) is 2.83. The maximum absolute atomic E-state index is 2.45. The van der Waals surface area contributed by atoms with E-state index >= 15 is 0 Å². The van der Waals surface area contributed by atoms with E-state index in [1.54, 1.807) is 0 Å². The summed E-state index contributed by atoms with van der Waals surface area (Å²) in [6.07, 6.45) is 11.3. The highest BCUT2D eigenvalue weighted by Crippen LogP contribution is 2.29. The molecule has 0 bridgehead atoms. The average molecular weight is 238 g/mol. The summed E-state index contributed by atoms with van der Waals surface area (Å²) in [7, 11) is 0. The minimum Gasteiger partial charge on any atom is -0.0917 e. The van der Waals surface area contributed by atoms with E-state index in [2.05, 4.69) is 53.7 Å². The molecule has 0 aliphatic carbocycles. The van der Waals surface area contributed by atoms with Crippen molar-refractivity contribution in [3.63, 3.8) is 0 Å². The normalized spacial score (nSPS) is 17.6. The van der Waals surface area contributed by atoms with Gasteiger partial charge < -0.3 is 0 Å². The van der Waals surface area contributed by atoms with Gasteiger partial charge in [0.15, 0.2) is 0 Å². The largest absolute Gasteiger partial charge is 0.0917 e. The van der Waals surface area contributed by atoms with Gasteiger partial charge in [0.25, 0.3) is 0 Å². The lowest BCUT2D eigenvalue weighted by Gasteiger charge is -2.25. The predicted molar refractivity (Wildman–Crippen MR) is 80.2 cm³/mol. The van der Waals surface area contributed by atoms with E-state index in [1.165, 1.54) is 32.1 Å². The molecule has 3 unspecified atom stereocenters. The Hall–Kier alpha value is -0.260. The fourth-order valence-electron chi connectivity index (χ4n) is 2.83. The quantitative estimate of drug-likeness (QED) is 0.427. The Bertz CT molecular complexity index is 190. The van der Waals surface area contributed by atoms with Crippen LogP contribution in [0.5, 0.6) is 0 Å². The number of hydrogen-bond donors (Lipinski definition) is 0. The summed E-state index contributed by atoms with van der Waals surface area (Å²) in [4.78, 5) is 0. The van der Waals surface area contributed by atoms with Crippen LogP contribution in [0.15, 0.2) is 12.2 Å². The molecule has 0 saturated carbocycles. The van der Waals surface area contributed by atoms with Gasteiger partial charge in [0, 0.05) is 0 Å². The first-order valence-corrected chi connectivity index (χ1v) is 7.67. The van der Waals surface area contributed by atoms with E-state index in [1.807, 2.05) is 0 Å². The number of rotatable bonds is 9. The SMILES string of the molecule is CC=CCC(CC)C(C)CCC(CC)C(C)C. The molecule has 0 heterocycles. The van der Waals surface area contributed by atoms with Crippen LogP contribution in [0.2, 0.25) is 0 Å². The molecule has 0 aromatic heterocycles. The van der Waals surface area contributed by atoms with Crippen LogP contribution in [0.4, 0.5) is 0 Å². The van der Waals surface area contributed by atoms with Crippen LogP contribution < -0.4 is 0 Å². The van der Waals surface area contributed by atoms with Crippen LogP contribution in [-0.2, 0) is 0 Å². The van der Waals surface area contributed by atoms with Gasteiger partial charge in [0.1, 0.15) is 0 Å². The summed E-state index contributed by atoms with van der Waals surface area (Å²) in [6.45, 7) is 14.0. The number of allylic oxidation sites excluding steroid dienone is 2. The molecule has 0 aliphatic rings. The zero-order valence-electron chi connectivity index (χ0n) is 13.0. The molecular formula is C17H34. The fraction of sp³-hybridized carbons (Fsp3) is 0.882. The predicted octanol–water partition coefficient (Wildman–Crippen LogP) is 6.08. The van der Waals surface area contributed by atoms with Gasteiger partial charge in [0.2, 0.25) is 0 Å². The Morgan fingerprint density at radius 3 is 1.88 bits per heavy atom. The maximum Gasteiger partial charge on any atom is -0.0320 e. The Balaban J connectivity index is 4.07. The van der Waals surface area contributed by atoms with Crippen molar-refractivity contribution >= 4 is 0 Å². The summed E-state index contributed by atoms with van der Waals surface area (Å²) in [6, 6.07) is 0. The number of hydrogen-bond acceptors (Lipinski definition) is 0. The first-order valence-electron chi connectivity index (χ1n) is 7.67. The molecule has 0 rings (SSSR count). The summed E-state index contributed by atoms with van der Waals surface area (Å²) in [5, 5.41) is 0. The van der Waals surface area contributed by atoms with Gasteiger partial charge in [-0.2, -0.15) is 0 Å². The Morgan fingerprint density at radius 1 is 0.882 bits per heavy atom. The Labute approximate surface area is 110 Å². The maximum atomic E-state index is 2.45. The highest BCUT2D eigenvalue weighted by molar-refractivity contribution is 4.82. The summed E-state index contributed by atoms with van der Waals surface area (Å²) >= 11 is 0. The van der Waals surface area contributed by atoms with Crippen molar-refractivity contribution in [2.75, 3.05) is 0 Å². The van der Waals surface area contributed by atoms with E-state index < -0.39 is 0 Å². The molecular weight excluding hydrogens is 204 g/mol. The van der Waals surface area contributed by atoms with Crippen LogP contribution in [0.25, 0.3) is 0 Å². The van der Waals surface area contributed by atoms with Crippen molar-refractivity contribution in [2.45, 2.75) is 73.6 Å². The molecule has 102 valence electrons. The average Bonchev–Trinajstić information content (AvgIpc) is 2.30. The van der Waals surface area contributed by atoms with Gasteiger partial charge in [0.05, 0.1) is 0 Å². The zero-order valence-corrected chi connectivity index (χ0v) is 13.0. The highest BCUT2D eigenvalue weighted by atomic mass is 14.2. The van der Waals surface area contributed by atoms with Crippen molar-refractivity contribution in [1.29, 1.82) is 0 Å². The third kappa shape index (κ3) is 6.91. The topological polar surface area (TPSA) is 0 Å². The van der Waals surface area contributed by atoms with Gasteiger partial charge in [-0.25, -0.2) is 0 Å². The summed E-state index contributed by atoms with van der Waals surface area (Å²) in [5.41, 5.74) is 0. The van der Waals surface area contributed by atoms with E-state index in [0.717, 1.165) is 23.7 Å². The van der Waals surface area contributed by atoms with E-state index in [0.29, 0.717) is 0 Å². The highest BCUT2D eigenvalue weighted by Gasteiger charge is 2.17. The standard InChI is InChI=1S/C17H34/c1-7-10-11-17(9-3)15(6)12-13-16(8-2)14(4)5/h7,10,14-17H,8-9,11-13H2,1-6H3. The molecule has 17 heavy (non-hydrogen) atoms. The molecule has 0 spiro atoms. The third-order valence-corrected chi connectivity index (χ3v) is 4.46. The van der Waals surface area contributed by atoms with Gasteiger partial charge in [-0.3, -0.25) is 0 Å². The molecule has 0 fully saturated rings. The minimum absolute atomic E-state index is 0.850. The second-order valence-electron chi connectivity index (χ2n) is 5.94. The van der Waals surface area contributed by atoms with Gasteiger partial charge in [-0.15, -0.1) is 0 Å². The third-order valence-electron chi connectivity index (χ3n) is 4.46. The molecule has 0 N–H and O–H groups in total. The van der Waals surface area contributed by atoms with Crippen molar-refractivity contribution in [3.05, 3.63) is 12.2 Å². The molecule has 0 aromatic carbocycles.